The molecule has 19 heteroatoms. The number of carbonyl (C=O) groups excluding carboxylic acids is 3. The van der Waals surface area contributed by atoms with Gasteiger partial charge in [-0.2, -0.15) is 0 Å². The molecule has 1 saturated heterocycles. The van der Waals surface area contributed by atoms with E-state index in [1.807, 2.05) is 33.8 Å². The number of Topliss-reactive ketones (excluding diaryl/α,β-unsaturated/α-hetero) is 1. The number of amides is 1. The number of likely N-dealkylation sites (tertiary alicyclic amines) is 1. The molecule has 5 aliphatic rings. The Hall–Kier alpha value is -6.80. The van der Waals surface area contributed by atoms with Gasteiger partial charge in [-0.3, -0.25) is 24.4 Å². The van der Waals surface area contributed by atoms with Crippen LogP contribution >= 0.6 is 0 Å². The number of nitrogens with one attached hydrogen (secondary N) is 1. The molecule has 74 heavy (non-hydrogen) atoms. The fourth-order valence-corrected chi connectivity index (χ4v) is 10.2. The number of hydrazine groups is 1. The third-order valence-corrected chi connectivity index (χ3v) is 14.3. The molecule has 10 N–H and O–H groups in total. The number of benzene rings is 3. The molecule has 5 bridgehead atoms. The van der Waals surface area contributed by atoms with Crippen molar-refractivity contribution in [2.45, 2.75) is 112 Å². The maximum Gasteiger partial charge on any atom is 0.335 e. The summed E-state index contributed by atoms with van der Waals surface area (Å²) in [4.78, 5) is 66.5. The lowest BCUT2D eigenvalue weighted by atomic mass is 9.80. The van der Waals surface area contributed by atoms with E-state index in [2.05, 4.69) is 24.1 Å². The first-order valence-electron chi connectivity index (χ1n) is 25.1. The highest BCUT2D eigenvalue weighted by Crippen LogP contribution is 2.50. The number of aromatic hydroxyl groups is 2. The number of piperidine rings is 1. The molecule has 0 aromatic heterocycles. The number of esters is 1. The molecule has 0 saturated carbocycles. The second kappa shape index (κ2) is 23.2. The highest BCUT2D eigenvalue weighted by atomic mass is 16.7. The Morgan fingerprint density at radius 3 is 2.26 bits per heavy atom. The third kappa shape index (κ3) is 11.9. The van der Waals surface area contributed by atoms with Crippen molar-refractivity contribution in [2.75, 3.05) is 38.6 Å². The van der Waals surface area contributed by atoms with Gasteiger partial charge in [0.25, 0.3) is 11.7 Å². The van der Waals surface area contributed by atoms with Crippen molar-refractivity contribution in [1.29, 1.82) is 0 Å². The summed E-state index contributed by atoms with van der Waals surface area (Å²) < 4.78 is 18.6. The summed E-state index contributed by atoms with van der Waals surface area (Å²) in [6.07, 6.45) is 9.76. The smallest absolute Gasteiger partial charge is 0.335 e. The van der Waals surface area contributed by atoms with Crippen LogP contribution in [0.1, 0.15) is 113 Å². The van der Waals surface area contributed by atoms with E-state index in [4.69, 9.17) is 40.9 Å². The maximum absolute atomic E-state index is 14.8. The monoisotopic (exact) mass is 1020 g/mol. The second-order valence-corrected chi connectivity index (χ2v) is 20.7. The number of hydrogen-bond donors (Lipinski definition) is 8. The molecule has 400 valence electrons. The highest BCUT2D eigenvalue weighted by molar-refractivity contribution is 6.19. The molecular formula is C55H73N7O12. The van der Waals surface area contributed by atoms with E-state index in [0.29, 0.717) is 49.4 Å². The number of carbonyl (C=O) groups is 4. The van der Waals surface area contributed by atoms with Crippen LogP contribution in [0.15, 0.2) is 76.6 Å². The number of carboxylic acid groups (broad SMARTS) is 1. The number of nitrogens with zero attached hydrogens (tertiary/aromatic N) is 4. The predicted octanol–water partition coefficient (Wildman–Crippen LogP) is 5.57. The van der Waals surface area contributed by atoms with Gasteiger partial charge >= 0.3 is 17.7 Å². The standard InChI is InChI=1S/C54H69N7O11.CH4O/c1-28(2)25-60-21-19-54(20-22-60)58-42-39-40-46(64)34(8)49-41(39)50(66)53(9,72-49)70-23-11-14-30(4)48(71-38(62)27-61(56)26-37(55)35-15-17-36(18-16-35)52(68)69)33(7)45(63)32(6)24-29(3)12-10-13-31(5)51(67)57-44(47(40)65)43(42)59-54;1-2/h10-13,15-18,23,26,28-30,32-33,45,48,63-65H,14,19-22,24-25,27,55-56H2,1-9H3,(H,57,67)(H,68,69);2H,1H3/b12-10+,23-11+,31-13-,37-26-;/t29?,30-,32-,33-,45?,48-,53?;/m1./s1. The number of phenols is 2. The van der Waals surface area contributed by atoms with Crippen LogP contribution in [-0.2, 0) is 19.1 Å². The van der Waals surface area contributed by atoms with E-state index in [-0.39, 0.29) is 79.3 Å². The number of rotatable bonds is 8. The van der Waals surface area contributed by atoms with E-state index < -0.39 is 71.4 Å². The first kappa shape index (κ1) is 56.5. The van der Waals surface area contributed by atoms with Crippen LogP contribution in [-0.4, -0.2) is 116 Å². The van der Waals surface area contributed by atoms with Crippen LogP contribution in [0.3, 0.4) is 0 Å². The SMILES string of the molecule is C/C1=C/C=C/C(C)C[C@@H](C)C(O)[C@@H](C)[C@H](OC(=O)CN(N)/C=C(\N)c2ccc(C(=O)O)cc2)[C@H](C)C/C=C/OC2(C)Oc3c(C)c(O)c4c(O)c(c5c(c4c3C2=O)=NC2(CCN(CC(C)C)CC2)N=5)NC1=O.CO. The summed E-state index contributed by atoms with van der Waals surface area (Å²) in [5.41, 5.74) is 6.49. The number of fused-ring (bicyclic) bond motifs is 13. The van der Waals surface area contributed by atoms with Crippen LogP contribution in [0, 0.1) is 36.5 Å². The Balaban J connectivity index is 0.00000440. The van der Waals surface area contributed by atoms with Crippen LogP contribution in [0.25, 0.3) is 16.5 Å². The zero-order valence-electron chi connectivity index (χ0n) is 44.0. The minimum atomic E-state index is -1.94. The number of hydrogen-bond acceptors (Lipinski definition) is 17. The summed E-state index contributed by atoms with van der Waals surface area (Å²) in [5, 5.41) is 56.6. The Labute approximate surface area is 431 Å². The molecular weight excluding hydrogens is 951 g/mol. The minimum Gasteiger partial charge on any atom is -0.507 e. The number of nitrogens with two attached hydrogens (primary N) is 2. The molecule has 3 unspecified atom stereocenters. The Morgan fingerprint density at radius 2 is 1.62 bits per heavy atom. The van der Waals surface area contributed by atoms with Gasteiger partial charge < -0.3 is 60.7 Å². The number of anilines is 1. The number of aliphatic hydroxyl groups excluding tert-OH is 2. The first-order chi connectivity index (χ1) is 34.9. The molecule has 19 nitrogen and oxygen atoms in total. The number of carboxylic acids is 1. The fourth-order valence-electron chi connectivity index (χ4n) is 10.2. The van der Waals surface area contributed by atoms with Crippen molar-refractivity contribution >= 4 is 45.8 Å². The van der Waals surface area contributed by atoms with Crippen molar-refractivity contribution < 1.29 is 58.9 Å². The normalized spacial score (nSPS) is 26.8. The van der Waals surface area contributed by atoms with Crippen LogP contribution in [0.5, 0.6) is 17.2 Å². The van der Waals surface area contributed by atoms with Crippen molar-refractivity contribution in [3.63, 3.8) is 0 Å². The number of ether oxygens (including phenoxy) is 3. The summed E-state index contributed by atoms with van der Waals surface area (Å²) in [7, 11) is 1.00. The molecule has 1 fully saturated rings. The first-order valence-corrected chi connectivity index (χ1v) is 25.1. The van der Waals surface area contributed by atoms with Crippen LogP contribution in [0.2, 0.25) is 0 Å². The molecule has 1 spiro atoms. The van der Waals surface area contributed by atoms with Crippen molar-refractivity contribution in [3.8, 4) is 17.2 Å². The predicted molar refractivity (Wildman–Crippen MR) is 279 cm³/mol. The van der Waals surface area contributed by atoms with Gasteiger partial charge in [-0.1, -0.05) is 71.9 Å². The quantitative estimate of drug-likeness (QED) is 0.0592. The van der Waals surface area contributed by atoms with E-state index in [0.717, 1.165) is 18.7 Å². The summed E-state index contributed by atoms with van der Waals surface area (Å²) in [5.74, 6) is -0.353. The average molecular weight is 1020 g/mol. The van der Waals surface area contributed by atoms with E-state index in [1.54, 1.807) is 32.1 Å². The van der Waals surface area contributed by atoms with Gasteiger partial charge in [0.15, 0.2) is 11.4 Å². The van der Waals surface area contributed by atoms with Crippen LogP contribution < -0.4 is 32.3 Å². The van der Waals surface area contributed by atoms with E-state index >= 15 is 0 Å². The van der Waals surface area contributed by atoms with Crippen molar-refractivity contribution in [3.05, 3.63) is 99.6 Å². The van der Waals surface area contributed by atoms with Gasteiger partial charge in [0.05, 0.1) is 39.9 Å². The lowest BCUT2D eigenvalue weighted by molar-refractivity contribution is -0.159. The zero-order valence-corrected chi connectivity index (χ0v) is 44.0. The Morgan fingerprint density at radius 1 is 0.986 bits per heavy atom. The van der Waals surface area contributed by atoms with E-state index in [9.17, 15) is 39.6 Å². The molecule has 7 atom stereocenters. The lowest BCUT2D eigenvalue weighted by Crippen LogP contribution is -2.43. The van der Waals surface area contributed by atoms with Gasteiger partial charge in [0.2, 0.25) is 0 Å². The summed E-state index contributed by atoms with van der Waals surface area (Å²) in [6.45, 7) is 18.4. The van der Waals surface area contributed by atoms with Gasteiger partial charge in [-0.25, -0.2) is 10.6 Å². The molecule has 5 aliphatic heterocycles. The molecule has 8 rings (SSSR count). The fraction of sp³-hybridized carbons (Fsp3) is 0.491. The Bertz CT molecular complexity index is 2890. The van der Waals surface area contributed by atoms with Gasteiger partial charge in [-0.05, 0) is 74.1 Å². The zero-order chi connectivity index (χ0) is 54.6. The number of allylic oxidation sites excluding steroid dienone is 4. The molecule has 3 aromatic rings. The highest BCUT2D eigenvalue weighted by Gasteiger charge is 2.50. The average Bonchev–Trinajstić information content (AvgIpc) is 3.85. The molecule has 3 aromatic carbocycles. The topological polar surface area (TPSA) is 292 Å². The number of ketones is 1. The number of aliphatic hydroxyl groups is 2. The number of aromatic carboxylic acids is 1. The van der Waals surface area contributed by atoms with Crippen LogP contribution in [0.4, 0.5) is 5.69 Å². The molecule has 0 aliphatic carbocycles. The number of phenolic OH excluding ortho intramolecular Hbond substituents is 2. The molecule has 1 amide bonds. The Kier molecular flexibility index (Phi) is 17.7. The lowest BCUT2D eigenvalue weighted by Gasteiger charge is -2.36. The maximum atomic E-state index is 14.8. The molecule has 5 heterocycles. The van der Waals surface area contributed by atoms with Gasteiger partial charge in [-0.15, -0.1) is 0 Å². The van der Waals surface area contributed by atoms with E-state index in [1.165, 1.54) is 43.7 Å². The minimum absolute atomic E-state index is 0.0331. The van der Waals surface area contributed by atoms with Gasteiger partial charge in [0, 0.05) is 75.2 Å². The van der Waals surface area contributed by atoms with Gasteiger partial charge in [0.1, 0.15) is 35.2 Å². The largest absolute Gasteiger partial charge is 0.507 e. The second-order valence-electron chi connectivity index (χ2n) is 20.7. The van der Waals surface area contributed by atoms with Crippen molar-refractivity contribution in [1.82, 2.24) is 9.91 Å². The third-order valence-electron chi connectivity index (χ3n) is 14.3. The van der Waals surface area contributed by atoms with Crippen molar-refractivity contribution in [2.24, 2.45) is 51.2 Å². The summed E-state index contributed by atoms with van der Waals surface area (Å²) in [6, 6.07) is 5.86. The molecule has 0 radical (unpaired) electrons. The summed E-state index contributed by atoms with van der Waals surface area (Å²) >= 11 is 0.